The molecule has 2 saturated heterocycles. The summed E-state index contributed by atoms with van der Waals surface area (Å²) in [5.41, 5.74) is 1.53. The second-order valence-electron chi connectivity index (χ2n) is 9.40. The molecule has 1 aromatic rings. The third-order valence-corrected chi connectivity index (χ3v) is 6.36. The van der Waals surface area contributed by atoms with Crippen LogP contribution < -0.4 is 10.6 Å². The molecule has 2 fully saturated rings. The summed E-state index contributed by atoms with van der Waals surface area (Å²) in [6, 6.07) is 12.7. The molecule has 3 atom stereocenters. The summed E-state index contributed by atoms with van der Waals surface area (Å²) < 4.78 is 5.66. The van der Waals surface area contributed by atoms with Gasteiger partial charge in [-0.3, -0.25) is 9.89 Å². The van der Waals surface area contributed by atoms with E-state index in [0.29, 0.717) is 18.1 Å². The first-order chi connectivity index (χ1) is 13.4. The zero-order valence-electron chi connectivity index (χ0n) is 18.6. The average Bonchev–Trinajstić information content (AvgIpc) is 2.89. The number of fused-ring (bicyclic) bond motifs is 2. The van der Waals surface area contributed by atoms with E-state index in [4.69, 9.17) is 4.74 Å². The van der Waals surface area contributed by atoms with Gasteiger partial charge < -0.3 is 15.4 Å². The molecule has 1 aromatic carbocycles. The number of halogens is 1. The van der Waals surface area contributed by atoms with Crippen molar-refractivity contribution in [1.82, 2.24) is 15.5 Å². The maximum atomic E-state index is 5.66. The lowest BCUT2D eigenvalue weighted by Gasteiger charge is -2.40. The van der Waals surface area contributed by atoms with E-state index in [1.54, 1.807) is 7.11 Å². The zero-order valence-corrected chi connectivity index (χ0v) is 21.0. The number of methoxy groups -OCH3 is 1. The number of aliphatic imine (C=N–C) groups is 1. The molecule has 5 nitrogen and oxygen atoms in total. The van der Waals surface area contributed by atoms with Crippen LogP contribution in [0.2, 0.25) is 0 Å². The van der Waals surface area contributed by atoms with Gasteiger partial charge in [-0.25, -0.2) is 0 Å². The topological polar surface area (TPSA) is 48.9 Å². The minimum Gasteiger partial charge on any atom is -0.379 e. The van der Waals surface area contributed by atoms with Crippen molar-refractivity contribution in [3.05, 3.63) is 35.9 Å². The van der Waals surface area contributed by atoms with Crippen LogP contribution in [0.4, 0.5) is 0 Å². The van der Waals surface area contributed by atoms with E-state index in [2.05, 4.69) is 71.6 Å². The lowest BCUT2D eigenvalue weighted by molar-refractivity contribution is 0.0204. The van der Waals surface area contributed by atoms with Crippen molar-refractivity contribution >= 4 is 29.9 Å². The van der Waals surface area contributed by atoms with Gasteiger partial charge in [0.2, 0.25) is 0 Å². The van der Waals surface area contributed by atoms with Crippen LogP contribution in [0.5, 0.6) is 0 Å². The molecule has 0 amide bonds. The molecule has 3 unspecified atom stereocenters. The summed E-state index contributed by atoms with van der Waals surface area (Å²) >= 11 is 0. The van der Waals surface area contributed by atoms with Crippen molar-refractivity contribution in [3.63, 3.8) is 0 Å². The van der Waals surface area contributed by atoms with Gasteiger partial charge in [0.25, 0.3) is 0 Å². The molecule has 2 aliphatic heterocycles. The van der Waals surface area contributed by atoms with E-state index in [1.807, 2.05) is 7.05 Å². The fraction of sp³-hybridized carbons (Fsp3) is 0.696. The van der Waals surface area contributed by atoms with Gasteiger partial charge in [-0.15, -0.1) is 24.0 Å². The molecular weight excluding hydrogens is 475 g/mol. The molecule has 0 aromatic heterocycles. The van der Waals surface area contributed by atoms with E-state index in [1.165, 1.54) is 31.2 Å². The Morgan fingerprint density at radius 1 is 1.17 bits per heavy atom. The summed E-state index contributed by atoms with van der Waals surface area (Å²) in [5.74, 6) is 0.896. The predicted molar refractivity (Wildman–Crippen MR) is 132 cm³/mol. The van der Waals surface area contributed by atoms with Crippen LogP contribution in [0.1, 0.15) is 52.0 Å². The number of benzene rings is 1. The summed E-state index contributed by atoms with van der Waals surface area (Å²) in [4.78, 5) is 7.18. The highest BCUT2D eigenvalue weighted by molar-refractivity contribution is 14.0. The molecule has 2 aliphatic rings. The highest BCUT2D eigenvalue weighted by Crippen LogP contribution is 2.36. The Hall–Kier alpha value is -0.860. The maximum Gasteiger partial charge on any atom is 0.191 e. The van der Waals surface area contributed by atoms with Gasteiger partial charge >= 0.3 is 0 Å². The van der Waals surface area contributed by atoms with Gasteiger partial charge in [-0.2, -0.15) is 0 Å². The Morgan fingerprint density at radius 3 is 2.31 bits per heavy atom. The standard InChI is InChI=1S/C23H38N4O.HI/c1-23(2,3)21(28-5)15-25-22(24-4)26-18-13-19-11-12-20(14-18)27(19)16-17-9-7-6-8-10-17;/h6-10,18-21H,11-16H2,1-5H3,(H2,24,25,26);1H. The fourth-order valence-corrected chi connectivity index (χ4v) is 4.76. The van der Waals surface area contributed by atoms with Crippen molar-refractivity contribution in [3.8, 4) is 0 Å². The van der Waals surface area contributed by atoms with Gasteiger partial charge in [0.05, 0.1) is 6.10 Å². The van der Waals surface area contributed by atoms with Gasteiger partial charge in [-0.1, -0.05) is 51.1 Å². The summed E-state index contributed by atoms with van der Waals surface area (Å²) in [6.45, 7) is 8.47. The van der Waals surface area contributed by atoms with Crippen LogP contribution in [0, 0.1) is 5.41 Å². The first-order valence-corrected chi connectivity index (χ1v) is 10.7. The van der Waals surface area contributed by atoms with Crippen molar-refractivity contribution < 1.29 is 4.74 Å². The first kappa shape index (κ1) is 24.4. The van der Waals surface area contributed by atoms with E-state index < -0.39 is 0 Å². The molecule has 2 bridgehead atoms. The third kappa shape index (κ3) is 6.56. The molecule has 6 heteroatoms. The molecule has 164 valence electrons. The Balaban J connectivity index is 0.00000300. The van der Waals surface area contributed by atoms with E-state index >= 15 is 0 Å². The maximum absolute atomic E-state index is 5.66. The average molecular weight is 514 g/mol. The van der Waals surface area contributed by atoms with E-state index in [9.17, 15) is 0 Å². The Labute approximate surface area is 194 Å². The molecule has 3 rings (SSSR count). The predicted octanol–water partition coefficient (Wildman–Crippen LogP) is 4.03. The van der Waals surface area contributed by atoms with Gasteiger partial charge in [0.1, 0.15) is 0 Å². The van der Waals surface area contributed by atoms with Gasteiger partial charge in [-0.05, 0) is 36.7 Å². The zero-order chi connectivity index (χ0) is 20.1. The number of nitrogens with zero attached hydrogens (tertiary/aromatic N) is 2. The molecular formula is C23H39IN4O. The number of piperidine rings is 1. The Bertz CT molecular complexity index is 632. The summed E-state index contributed by atoms with van der Waals surface area (Å²) in [6.07, 6.45) is 5.16. The summed E-state index contributed by atoms with van der Waals surface area (Å²) in [7, 11) is 3.64. The number of nitrogens with one attached hydrogen (secondary N) is 2. The lowest BCUT2D eigenvalue weighted by atomic mass is 9.89. The quantitative estimate of drug-likeness (QED) is 0.342. The smallest absolute Gasteiger partial charge is 0.191 e. The normalized spacial score (nSPS) is 26.0. The number of hydrogen-bond donors (Lipinski definition) is 2. The van der Waals surface area contributed by atoms with Crippen LogP contribution in [0.15, 0.2) is 35.3 Å². The van der Waals surface area contributed by atoms with Crippen LogP contribution in [-0.2, 0) is 11.3 Å². The van der Waals surface area contributed by atoms with Gasteiger partial charge in [0, 0.05) is 45.4 Å². The van der Waals surface area contributed by atoms with Crippen molar-refractivity contribution in [2.45, 2.75) is 77.2 Å². The molecule has 2 N–H and O–H groups in total. The fourth-order valence-electron chi connectivity index (χ4n) is 4.76. The molecule has 0 radical (unpaired) electrons. The minimum atomic E-state index is 0. The van der Waals surface area contributed by atoms with Crippen LogP contribution >= 0.6 is 24.0 Å². The largest absolute Gasteiger partial charge is 0.379 e. The number of guanidine groups is 1. The molecule has 0 saturated carbocycles. The molecule has 0 spiro atoms. The van der Waals surface area contributed by atoms with Crippen LogP contribution in [0.25, 0.3) is 0 Å². The van der Waals surface area contributed by atoms with Crippen molar-refractivity contribution in [1.29, 1.82) is 0 Å². The van der Waals surface area contributed by atoms with E-state index in [-0.39, 0.29) is 35.5 Å². The van der Waals surface area contributed by atoms with Crippen molar-refractivity contribution in [2.75, 3.05) is 20.7 Å². The highest BCUT2D eigenvalue weighted by atomic mass is 127. The number of rotatable bonds is 6. The Kier molecular flexibility index (Phi) is 9.22. The monoisotopic (exact) mass is 514 g/mol. The van der Waals surface area contributed by atoms with Gasteiger partial charge in [0.15, 0.2) is 5.96 Å². The molecule has 29 heavy (non-hydrogen) atoms. The third-order valence-electron chi connectivity index (χ3n) is 6.36. The minimum absolute atomic E-state index is 0. The second kappa shape index (κ2) is 11.0. The SMILES string of the molecule is CN=C(NCC(OC)C(C)(C)C)NC1CC2CCC(C1)N2Cc1ccccc1.I. The highest BCUT2D eigenvalue weighted by Gasteiger charge is 2.40. The van der Waals surface area contributed by atoms with E-state index in [0.717, 1.165) is 19.0 Å². The number of hydrogen-bond acceptors (Lipinski definition) is 3. The summed E-state index contributed by atoms with van der Waals surface area (Å²) in [5, 5.41) is 7.15. The molecule has 2 heterocycles. The van der Waals surface area contributed by atoms with Crippen molar-refractivity contribution in [2.24, 2.45) is 10.4 Å². The Morgan fingerprint density at radius 2 is 1.79 bits per heavy atom. The number of ether oxygens (including phenoxy) is 1. The lowest BCUT2D eigenvalue weighted by Crippen LogP contribution is -2.53. The molecule has 0 aliphatic carbocycles. The first-order valence-electron chi connectivity index (χ1n) is 10.7. The van der Waals surface area contributed by atoms with Crippen LogP contribution in [-0.4, -0.2) is 55.8 Å². The van der Waals surface area contributed by atoms with Crippen LogP contribution in [0.3, 0.4) is 0 Å². The second-order valence-corrected chi connectivity index (χ2v) is 9.40.